The molecule has 0 bridgehead atoms. The molecule has 0 saturated carbocycles. The van der Waals surface area contributed by atoms with Gasteiger partial charge >= 0.3 is 0 Å². The van der Waals surface area contributed by atoms with Gasteiger partial charge in [-0.1, -0.05) is 36.5 Å². The maximum Gasteiger partial charge on any atom is 0.261 e. The van der Waals surface area contributed by atoms with Crippen LogP contribution in [0.3, 0.4) is 0 Å². The van der Waals surface area contributed by atoms with Crippen molar-refractivity contribution in [1.29, 1.82) is 0 Å². The summed E-state index contributed by atoms with van der Waals surface area (Å²) in [6.07, 6.45) is 3.51. The summed E-state index contributed by atoms with van der Waals surface area (Å²) in [6, 6.07) is 11.0. The average Bonchev–Trinajstić information content (AvgIpc) is 2.61. The van der Waals surface area contributed by atoms with E-state index < -0.39 is 15.8 Å². The molecule has 0 aliphatic rings. The van der Waals surface area contributed by atoms with E-state index in [4.69, 9.17) is 12.2 Å². The van der Waals surface area contributed by atoms with E-state index in [1.54, 1.807) is 38.1 Å². The zero-order valence-corrected chi connectivity index (χ0v) is 15.9. The molecule has 0 aromatic heterocycles. The smallest absolute Gasteiger partial charge is 0.261 e. The van der Waals surface area contributed by atoms with Crippen LogP contribution in [0, 0.1) is 5.82 Å². The van der Waals surface area contributed by atoms with Crippen LogP contribution in [0.2, 0.25) is 0 Å². The van der Waals surface area contributed by atoms with Crippen LogP contribution in [0.1, 0.15) is 19.4 Å². The summed E-state index contributed by atoms with van der Waals surface area (Å²) in [7, 11) is -3.76. The van der Waals surface area contributed by atoms with Crippen molar-refractivity contribution in [2.75, 3.05) is 4.72 Å². The standard InChI is InChI=1S/C18H19FN2O3S2/c1-13(21(22)14(2)25)3-4-15-5-11-18(12-6-15)26(23,24)20-17-9-7-16(19)8-10-17/h3-13,20,22H,1-2H3. The largest absolute Gasteiger partial charge is 0.287 e. The van der Waals surface area contributed by atoms with Gasteiger partial charge in [0.05, 0.1) is 10.9 Å². The first-order chi connectivity index (χ1) is 12.2. The minimum absolute atomic E-state index is 0.0885. The van der Waals surface area contributed by atoms with E-state index in [9.17, 15) is 18.0 Å². The van der Waals surface area contributed by atoms with Gasteiger partial charge < -0.3 is 0 Å². The highest BCUT2D eigenvalue weighted by molar-refractivity contribution is 7.92. The Balaban J connectivity index is 2.10. The molecule has 0 aliphatic carbocycles. The van der Waals surface area contributed by atoms with E-state index in [0.717, 1.165) is 10.6 Å². The minimum Gasteiger partial charge on any atom is -0.287 e. The van der Waals surface area contributed by atoms with Crippen molar-refractivity contribution in [2.24, 2.45) is 0 Å². The number of halogens is 1. The van der Waals surface area contributed by atoms with Crippen molar-refractivity contribution < 1.29 is 18.0 Å². The Hall–Kier alpha value is -2.29. The molecule has 0 aliphatic heterocycles. The fourth-order valence-corrected chi connectivity index (χ4v) is 3.33. The van der Waals surface area contributed by atoms with E-state index in [0.29, 0.717) is 4.99 Å². The number of nitrogens with one attached hydrogen (secondary N) is 1. The average molecular weight is 394 g/mol. The van der Waals surface area contributed by atoms with Gasteiger partial charge in [-0.25, -0.2) is 17.9 Å². The van der Waals surface area contributed by atoms with Gasteiger partial charge in [0.1, 0.15) is 10.8 Å². The molecule has 1 unspecified atom stereocenters. The highest BCUT2D eigenvalue weighted by Gasteiger charge is 2.14. The Bertz CT molecular complexity index is 895. The number of hydrogen-bond donors (Lipinski definition) is 2. The predicted octanol–water partition coefficient (Wildman–Crippen LogP) is 4.07. The number of thiocarbonyl (C=S) groups is 1. The van der Waals surface area contributed by atoms with E-state index in [1.165, 1.54) is 36.4 Å². The van der Waals surface area contributed by atoms with Gasteiger partial charge in [-0.2, -0.15) is 0 Å². The van der Waals surface area contributed by atoms with Gasteiger partial charge in [-0.05, 0) is 55.8 Å². The molecule has 2 N–H and O–H groups in total. The van der Waals surface area contributed by atoms with Crippen LogP contribution >= 0.6 is 12.2 Å². The summed E-state index contributed by atoms with van der Waals surface area (Å²) in [4.78, 5) is 0.445. The Morgan fingerprint density at radius 3 is 2.31 bits per heavy atom. The van der Waals surface area contributed by atoms with Crippen LogP contribution in [0.25, 0.3) is 6.08 Å². The molecule has 26 heavy (non-hydrogen) atoms. The summed E-state index contributed by atoms with van der Waals surface area (Å²) in [5.41, 5.74) is 1.05. The summed E-state index contributed by atoms with van der Waals surface area (Å²) < 4.78 is 40.0. The molecule has 2 aromatic carbocycles. The molecule has 5 nitrogen and oxygen atoms in total. The summed E-state index contributed by atoms with van der Waals surface area (Å²) >= 11 is 4.89. The molecule has 0 fully saturated rings. The molecule has 138 valence electrons. The van der Waals surface area contributed by atoms with Crippen molar-refractivity contribution in [1.82, 2.24) is 5.06 Å². The minimum atomic E-state index is -3.76. The lowest BCUT2D eigenvalue weighted by molar-refractivity contribution is -0.0305. The van der Waals surface area contributed by atoms with Gasteiger partial charge in [0.15, 0.2) is 0 Å². The van der Waals surface area contributed by atoms with Crippen LogP contribution in [0.5, 0.6) is 0 Å². The van der Waals surface area contributed by atoms with Crippen molar-refractivity contribution in [3.63, 3.8) is 0 Å². The molecule has 0 radical (unpaired) electrons. The van der Waals surface area contributed by atoms with Crippen LogP contribution < -0.4 is 4.72 Å². The number of rotatable bonds is 6. The highest BCUT2D eigenvalue weighted by atomic mass is 32.2. The molecule has 0 saturated heterocycles. The van der Waals surface area contributed by atoms with Gasteiger partial charge in [0, 0.05) is 5.69 Å². The van der Waals surface area contributed by atoms with E-state index in [2.05, 4.69) is 4.72 Å². The van der Waals surface area contributed by atoms with Crippen molar-refractivity contribution >= 4 is 39.0 Å². The molecule has 0 amide bonds. The summed E-state index contributed by atoms with van der Waals surface area (Å²) in [5.74, 6) is -0.441. The molecule has 0 spiro atoms. The normalized spacial score (nSPS) is 12.8. The lowest BCUT2D eigenvalue weighted by atomic mass is 10.2. The maximum absolute atomic E-state index is 12.9. The zero-order valence-electron chi connectivity index (χ0n) is 14.3. The molecule has 2 aromatic rings. The number of hydroxylamine groups is 2. The van der Waals surface area contributed by atoms with Gasteiger partial charge in [0.25, 0.3) is 10.0 Å². The molecule has 2 rings (SSSR count). The van der Waals surface area contributed by atoms with Gasteiger partial charge in [-0.3, -0.25) is 9.93 Å². The van der Waals surface area contributed by atoms with Crippen molar-refractivity contribution in [3.05, 3.63) is 66.0 Å². The second kappa shape index (κ2) is 8.39. The number of anilines is 1. The first-order valence-corrected chi connectivity index (χ1v) is 9.63. The van der Waals surface area contributed by atoms with Crippen LogP contribution in [0.4, 0.5) is 10.1 Å². The fourth-order valence-electron chi connectivity index (χ4n) is 2.11. The van der Waals surface area contributed by atoms with Crippen LogP contribution in [0.15, 0.2) is 59.5 Å². The Kier molecular flexibility index (Phi) is 6.47. The van der Waals surface area contributed by atoms with Gasteiger partial charge in [-0.15, -0.1) is 0 Å². The summed E-state index contributed by atoms with van der Waals surface area (Å²) in [6.45, 7) is 3.39. The predicted molar refractivity (Wildman–Crippen MR) is 104 cm³/mol. The van der Waals surface area contributed by atoms with Crippen LogP contribution in [-0.2, 0) is 10.0 Å². The van der Waals surface area contributed by atoms with E-state index >= 15 is 0 Å². The third kappa shape index (κ3) is 5.35. The molecule has 8 heteroatoms. The molecule has 1 atom stereocenters. The Morgan fingerprint density at radius 2 is 1.77 bits per heavy atom. The lowest BCUT2D eigenvalue weighted by Gasteiger charge is -2.19. The maximum atomic E-state index is 12.9. The topological polar surface area (TPSA) is 69.6 Å². The van der Waals surface area contributed by atoms with Crippen molar-refractivity contribution in [3.8, 4) is 0 Å². The number of sulfonamides is 1. The molecule has 0 heterocycles. The quantitative estimate of drug-likeness (QED) is 0.571. The second-order valence-corrected chi connectivity index (χ2v) is 7.92. The number of nitrogens with zero attached hydrogens (tertiary/aromatic N) is 1. The Morgan fingerprint density at radius 1 is 1.19 bits per heavy atom. The first-order valence-electron chi connectivity index (χ1n) is 7.74. The first kappa shape index (κ1) is 20.0. The summed E-state index contributed by atoms with van der Waals surface area (Å²) in [5, 5.41) is 10.7. The van der Waals surface area contributed by atoms with E-state index in [1.807, 2.05) is 0 Å². The third-order valence-corrected chi connectivity index (χ3v) is 5.15. The fraction of sp³-hybridized carbons (Fsp3) is 0.167. The molecular formula is C18H19FN2O3S2. The number of hydrogen-bond acceptors (Lipinski definition) is 4. The lowest BCUT2D eigenvalue weighted by Crippen LogP contribution is -2.31. The number of benzene rings is 2. The third-order valence-electron chi connectivity index (χ3n) is 3.56. The SMILES string of the molecule is CC(=S)N(O)C(C)C=Cc1ccc(S(=O)(=O)Nc2ccc(F)cc2)cc1. The second-order valence-electron chi connectivity index (χ2n) is 5.64. The highest BCUT2D eigenvalue weighted by Crippen LogP contribution is 2.17. The monoisotopic (exact) mass is 394 g/mol. The molecular weight excluding hydrogens is 375 g/mol. The van der Waals surface area contributed by atoms with E-state index in [-0.39, 0.29) is 16.6 Å². The van der Waals surface area contributed by atoms with Gasteiger partial charge in [0.2, 0.25) is 0 Å². The zero-order chi connectivity index (χ0) is 19.3. The Labute approximate surface area is 157 Å². The van der Waals surface area contributed by atoms with Crippen LogP contribution in [-0.4, -0.2) is 29.7 Å². The van der Waals surface area contributed by atoms with Crippen molar-refractivity contribution in [2.45, 2.75) is 24.8 Å².